The van der Waals surface area contributed by atoms with Gasteiger partial charge >= 0.3 is 5.97 Å². The van der Waals surface area contributed by atoms with Gasteiger partial charge in [0.2, 0.25) is 0 Å². The van der Waals surface area contributed by atoms with E-state index in [-0.39, 0.29) is 24.0 Å². The van der Waals surface area contributed by atoms with Crippen LogP contribution in [0.3, 0.4) is 0 Å². The fourth-order valence-electron chi connectivity index (χ4n) is 3.92. The number of carbonyl (C=O) groups is 3. The molecule has 0 saturated carbocycles. The molecule has 0 radical (unpaired) electrons. The number of quaternary nitrogens is 1. The van der Waals surface area contributed by atoms with E-state index in [9.17, 15) is 14.4 Å². The number of likely N-dealkylation sites (tertiary alicyclic amines) is 1. The zero-order chi connectivity index (χ0) is 21.0. The third-order valence-corrected chi connectivity index (χ3v) is 6.16. The van der Waals surface area contributed by atoms with Gasteiger partial charge in [0.25, 0.3) is 11.8 Å². The molecule has 1 aliphatic heterocycles. The molecule has 28 heavy (non-hydrogen) atoms. The molecule has 1 aromatic rings. The van der Waals surface area contributed by atoms with Crippen LogP contribution in [0, 0.1) is 18.8 Å². The second-order valence-corrected chi connectivity index (χ2v) is 9.03. The molecule has 0 aliphatic carbocycles. The quantitative estimate of drug-likeness (QED) is 0.696. The van der Waals surface area contributed by atoms with Gasteiger partial charge in [0.15, 0.2) is 6.54 Å². The van der Waals surface area contributed by atoms with Crippen LogP contribution in [-0.4, -0.2) is 63.0 Å². The van der Waals surface area contributed by atoms with Gasteiger partial charge in [0.1, 0.15) is 5.00 Å². The Hall–Kier alpha value is -1.93. The fraction of sp³-hybridized carbons (Fsp3) is 0.650. The summed E-state index contributed by atoms with van der Waals surface area (Å²) in [6, 6.07) is 0. The zero-order valence-electron chi connectivity index (χ0n) is 17.7. The average molecular weight is 411 g/mol. The van der Waals surface area contributed by atoms with Crippen LogP contribution < -0.4 is 10.2 Å². The maximum absolute atomic E-state index is 12.7. The van der Waals surface area contributed by atoms with Gasteiger partial charge in [0, 0.05) is 25.9 Å². The number of nitrogens with one attached hydrogen (secondary N) is 2. The summed E-state index contributed by atoms with van der Waals surface area (Å²) in [6.07, 6.45) is 1.19. The lowest BCUT2D eigenvalue weighted by molar-refractivity contribution is -0.904. The highest BCUT2D eigenvalue weighted by molar-refractivity contribution is 7.18. The van der Waals surface area contributed by atoms with E-state index in [0.29, 0.717) is 33.8 Å². The van der Waals surface area contributed by atoms with Gasteiger partial charge in [-0.3, -0.25) is 9.59 Å². The van der Waals surface area contributed by atoms with Crippen molar-refractivity contribution in [3.8, 4) is 0 Å². The van der Waals surface area contributed by atoms with Crippen molar-refractivity contribution in [1.82, 2.24) is 4.90 Å². The molecule has 2 heterocycles. The number of thiophene rings is 1. The molecule has 2 rings (SSSR count). The van der Waals surface area contributed by atoms with Crippen LogP contribution in [0.4, 0.5) is 5.00 Å². The molecule has 0 unspecified atom stereocenters. The standard InChI is InChI=1S/C20H31N3O4S/c1-7-27-20(26)16-14(4)17(19(25)22(5)6)28-18(16)21-15(24)11-23-9-12(2)8-13(3)10-23/h12-13H,7-11H2,1-6H3,(H,21,24)/p+1/t12-,13-/m1/s1. The number of ether oxygens (including phenoxy) is 1. The van der Waals surface area contributed by atoms with Crippen LogP contribution in [0.25, 0.3) is 0 Å². The molecule has 8 heteroatoms. The monoisotopic (exact) mass is 410 g/mol. The van der Waals surface area contributed by atoms with Crippen LogP contribution in [0.5, 0.6) is 0 Å². The van der Waals surface area contributed by atoms with Gasteiger partial charge < -0.3 is 19.9 Å². The van der Waals surface area contributed by atoms with E-state index in [4.69, 9.17) is 4.74 Å². The largest absolute Gasteiger partial charge is 0.462 e. The lowest BCUT2D eigenvalue weighted by atomic mass is 9.92. The molecular formula is C20H32N3O4S+. The summed E-state index contributed by atoms with van der Waals surface area (Å²) in [5.74, 6) is 0.326. The molecule has 0 bridgehead atoms. The molecule has 1 aromatic heterocycles. The van der Waals surface area contributed by atoms with Crippen molar-refractivity contribution in [2.75, 3.05) is 45.7 Å². The Balaban J connectivity index is 2.22. The minimum absolute atomic E-state index is 0.146. The van der Waals surface area contributed by atoms with Crippen molar-refractivity contribution >= 4 is 34.1 Å². The molecule has 156 valence electrons. The Labute approximate surface area is 171 Å². The smallest absolute Gasteiger partial charge is 0.341 e. The van der Waals surface area contributed by atoms with Gasteiger partial charge in [-0.1, -0.05) is 13.8 Å². The highest BCUT2D eigenvalue weighted by Crippen LogP contribution is 2.34. The van der Waals surface area contributed by atoms with Gasteiger partial charge in [0.05, 0.1) is 30.1 Å². The van der Waals surface area contributed by atoms with E-state index in [0.717, 1.165) is 24.4 Å². The minimum Gasteiger partial charge on any atom is -0.462 e. The van der Waals surface area contributed by atoms with Gasteiger partial charge in [-0.2, -0.15) is 0 Å². The van der Waals surface area contributed by atoms with E-state index in [2.05, 4.69) is 19.2 Å². The molecule has 1 saturated heterocycles. The van der Waals surface area contributed by atoms with Gasteiger partial charge in [-0.25, -0.2) is 4.79 Å². The molecule has 2 amide bonds. The van der Waals surface area contributed by atoms with E-state index in [1.807, 2.05) is 0 Å². The van der Waals surface area contributed by atoms with Crippen LogP contribution in [0.2, 0.25) is 0 Å². The number of rotatable bonds is 6. The maximum atomic E-state index is 12.7. The fourth-order valence-corrected chi connectivity index (χ4v) is 5.15. The Morgan fingerprint density at radius 3 is 2.36 bits per heavy atom. The van der Waals surface area contributed by atoms with Crippen molar-refractivity contribution in [3.05, 3.63) is 16.0 Å². The first-order valence-corrected chi connectivity index (χ1v) is 10.6. The second kappa shape index (κ2) is 9.52. The van der Waals surface area contributed by atoms with E-state index in [1.54, 1.807) is 27.9 Å². The van der Waals surface area contributed by atoms with E-state index < -0.39 is 5.97 Å². The normalized spacial score (nSPS) is 21.9. The summed E-state index contributed by atoms with van der Waals surface area (Å²) in [6.45, 7) is 10.4. The number of nitrogens with zero attached hydrogens (tertiary/aromatic N) is 1. The summed E-state index contributed by atoms with van der Waals surface area (Å²) in [4.78, 5) is 40.7. The van der Waals surface area contributed by atoms with Crippen LogP contribution in [-0.2, 0) is 9.53 Å². The SMILES string of the molecule is CCOC(=O)c1c(NC(=O)C[NH+]2C[C@H](C)C[C@@H](C)C2)sc(C(=O)N(C)C)c1C. The molecule has 2 atom stereocenters. The summed E-state index contributed by atoms with van der Waals surface area (Å²) < 4.78 is 5.15. The number of hydrogen-bond donors (Lipinski definition) is 2. The first-order chi connectivity index (χ1) is 13.1. The summed E-state index contributed by atoms with van der Waals surface area (Å²) in [5.41, 5.74) is 0.825. The summed E-state index contributed by atoms with van der Waals surface area (Å²) in [7, 11) is 3.32. The lowest BCUT2D eigenvalue weighted by Crippen LogP contribution is -3.15. The van der Waals surface area contributed by atoms with E-state index in [1.165, 1.54) is 16.2 Å². The minimum atomic E-state index is -0.517. The van der Waals surface area contributed by atoms with Gasteiger partial charge in [-0.05, 0) is 25.8 Å². The highest BCUT2D eigenvalue weighted by atomic mass is 32.1. The van der Waals surface area contributed by atoms with E-state index >= 15 is 0 Å². The third-order valence-electron chi connectivity index (χ3n) is 4.97. The van der Waals surface area contributed by atoms with Crippen LogP contribution in [0.1, 0.15) is 52.8 Å². The van der Waals surface area contributed by atoms with Crippen molar-refractivity contribution in [1.29, 1.82) is 0 Å². The van der Waals surface area contributed by atoms with Crippen LogP contribution in [0.15, 0.2) is 0 Å². The van der Waals surface area contributed by atoms with Crippen molar-refractivity contribution < 1.29 is 24.0 Å². The Morgan fingerprint density at radius 1 is 1.21 bits per heavy atom. The van der Waals surface area contributed by atoms with Gasteiger partial charge in [-0.15, -0.1) is 11.3 Å². The predicted octanol–water partition coefficient (Wildman–Crippen LogP) is 1.43. The predicted molar refractivity (Wildman–Crippen MR) is 110 cm³/mol. The Kier molecular flexibility index (Phi) is 7.60. The zero-order valence-corrected chi connectivity index (χ0v) is 18.5. The number of anilines is 1. The average Bonchev–Trinajstić information content (AvgIpc) is 2.89. The van der Waals surface area contributed by atoms with Crippen molar-refractivity contribution in [3.63, 3.8) is 0 Å². The molecule has 1 fully saturated rings. The van der Waals surface area contributed by atoms with Crippen molar-refractivity contribution in [2.24, 2.45) is 11.8 Å². The second-order valence-electron chi connectivity index (χ2n) is 8.01. The molecular weight excluding hydrogens is 378 g/mol. The summed E-state index contributed by atoms with van der Waals surface area (Å²) >= 11 is 1.13. The number of carbonyl (C=O) groups excluding carboxylic acids is 3. The topological polar surface area (TPSA) is 80.1 Å². The number of piperidine rings is 1. The molecule has 7 nitrogen and oxygen atoms in total. The first kappa shape index (κ1) is 22.4. The molecule has 2 N–H and O–H groups in total. The Morgan fingerprint density at radius 2 is 1.82 bits per heavy atom. The highest BCUT2D eigenvalue weighted by Gasteiger charge is 2.30. The maximum Gasteiger partial charge on any atom is 0.341 e. The molecule has 1 aliphatic rings. The summed E-state index contributed by atoms with van der Waals surface area (Å²) in [5, 5.41) is 3.26. The van der Waals surface area contributed by atoms with Crippen molar-refractivity contribution in [2.45, 2.75) is 34.1 Å². The molecule has 0 spiro atoms. The lowest BCUT2D eigenvalue weighted by Gasteiger charge is -2.31. The first-order valence-electron chi connectivity index (χ1n) is 9.79. The Bertz CT molecular complexity index is 734. The molecule has 0 aromatic carbocycles. The number of esters is 1. The number of amides is 2. The third kappa shape index (κ3) is 5.32. The van der Waals surface area contributed by atoms with Crippen LogP contribution >= 0.6 is 11.3 Å². The number of hydrogen-bond acceptors (Lipinski definition) is 5.